The molecule has 0 saturated heterocycles. The molecule has 32 heavy (non-hydrogen) atoms. The van der Waals surface area contributed by atoms with Crippen molar-refractivity contribution in [3.8, 4) is 5.75 Å². The highest BCUT2D eigenvalue weighted by molar-refractivity contribution is 6.42. The molecule has 2 rings (SSSR count). The smallest absolute Gasteiger partial charge is 0.261 e. The average Bonchev–Trinajstić information content (AvgIpc) is 2.68. The zero-order valence-electron chi connectivity index (χ0n) is 19.6. The number of aryl methyl sites for hydroxylation is 2. The fourth-order valence-electron chi connectivity index (χ4n) is 3.39. The van der Waals surface area contributed by atoms with E-state index in [1.54, 1.807) is 23.1 Å². The Labute approximate surface area is 201 Å². The SMILES string of the molecule is CCC(C(=O)NC(C)(C)C)N(Cc1ccc(Cl)c(Cl)c1)C(=O)COc1ccc(C)cc1C. The Morgan fingerprint density at radius 2 is 1.75 bits per heavy atom. The molecule has 1 N–H and O–H groups in total. The largest absolute Gasteiger partial charge is 0.483 e. The van der Waals surface area contributed by atoms with Gasteiger partial charge in [0.15, 0.2) is 6.61 Å². The minimum absolute atomic E-state index is 0.176. The number of nitrogens with one attached hydrogen (secondary N) is 1. The third-order valence-electron chi connectivity index (χ3n) is 4.90. The lowest BCUT2D eigenvalue weighted by atomic mass is 10.1. The highest BCUT2D eigenvalue weighted by Crippen LogP contribution is 2.24. The summed E-state index contributed by atoms with van der Waals surface area (Å²) in [6.45, 7) is 11.6. The molecule has 5 nitrogen and oxygen atoms in total. The van der Waals surface area contributed by atoms with Crippen molar-refractivity contribution < 1.29 is 14.3 Å². The Hall–Kier alpha value is -2.24. The number of nitrogens with zero attached hydrogens (tertiary/aromatic N) is 1. The van der Waals surface area contributed by atoms with E-state index in [2.05, 4.69) is 5.32 Å². The highest BCUT2D eigenvalue weighted by atomic mass is 35.5. The molecule has 0 fully saturated rings. The van der Waals surface area contributed by atoms with Crippen LogP contribution in [0.2, 0.25) is 10.0 Å². The summed E-state index contributed by atoms with van der Waals surface area (Å²) in [4.78, 5) is 27.8. The molecule has 1 atom stereocenters. The standard InChI is InChI=1S/C25H32Cl2N2O3/c1-7-21(24(31)28-25(4,5)6)29(14-18-9-10-19(26)20(27)13-18)23(30)15-32-22-11-8-16(2)12-17(22)3/h8-13,21H,7,14-15H2,1-6H3,(H,28,31). The predicted molar refractivity (Wildman–Crippen MR) is 130 cm³/mol. The number of rotatable bonds is 8. The third kappa shape index (κ3) is 7.42. The van der Waals surface area contributed by atoms with E-state index in [1.807, 2.05) is 59.7 Å². The van der Waals surface area contributed by atoms with Gasteiger partial charge in [-0.2, -0.15) is 0 Å². The number of amides is 2. The van der Waals surface area contributed by atoms with Gasteiger partial charge in [0.25, 0.3) is 5.91 Å². The van der Waals surface area contributed by atoms with Crippen LogP contribution in [0.5, 0.6) is 5.75 Å². The summed E-state index contributed by atoms with van der Waals surface area (Å²) in [5, 5.41) is 3.81. The Bertz CT molecular complexity index is 970. The predicted octanol–water partition coefficient (Wildman–Crippen LogP) is 5.71. The lowest BCUT2D eigenvalue weighted by Crippen LogP contribution is -2.54. The molecule has 1 unspecified atom stereocenters. The molecule has 2 amide bonds. The van der Waals surface area contributed by atoms with E-state index >= 15 is 0 Å². The first-order valence-corrected chi connectivity index (χ1v) is 11.4. The first-order valence-electron chi connectivity index (χ1n) is 10.7. The minimum Gasteiger partial charge on any atom is -0.483 e. The number of carbonyl (C=O) groups excluding carboxylic acids is 2. The number of benzene rings is 2. The topological polar surface area (TPSA) is 58.6 Å². The van der Waals surface area contributed by atoms with E-state index in [0.29, 0.717) is 22.2 Å². The fraction of sp³-hybridized carbons (Fsp3) is 0.440. The van der Waals surface area contributed by atoms with Gasteiger partial charge >= 0.3 is 0 Å². The van der Waals surface area contributed by atoms with Crippen molar-refractivity contribution in [2.24, 2.45) is 0 Å². The van der Waals surface area contributed by atoms with Crippen LogP contribution in [0.15, 0.2) is 36.4 Å². The summed E-state index contributed by atoms with van der Waals surface area (Å²) < 4.78 is 5.82. The van der Waals surface area contributed by atoms with Crippen LogP contribution in [-0.2, 0) is 16.1 Å². The zero-order chi connectivity index (χ0) is 24.1. The van der Waals surface area contributed by atoms with Crippen LogP contribution in [0.3, 0.4) is 0 Å². The first kappa shape index (κ1) is 26.0. The van der Waals surface area contributed by atoms with Crippen LogP contribution in [-0.4, -0.2) is 34.9 Å². The molecule has 0 aromatic heterocycles. The first-order chi connectivity index (χ1) is 14.9. The molecular formula is C25H32Cl2N2O3. The summed E-state index contributed by atoms with van der Waals surface area (Å²) in [7, 11) is 0. The Kier molecular flexibility index (Phi) is 8.99. The second kappa shape index (κ2) is 11.1. The summed E-state index contributed by atoms with van der Waals surface area (Å²) in [6.07, 6.45) is 0.457. The monoisotopic (exact) mass is 478 g/mol. The normalized spacial score (nSPS) is 12.2. The molecule has 2 aromatic rings. The summed E-state index contributed by atoms with van der Waals surface area (Å²) in [5.74, 6) is 0.150. The molecule has 0 bridgehead atoms. The quantitative estimate of drug-likeness (QED) is 0.528. The number of halogens is 2. The fourth-order valence-corrected chi connectivity index (χ4v) is 3.71. The summed E-state index contributed by atoms with van der Waals surface area (Å²) in [5.41, 5.74) is 2.43. The molecule has 7 heteroatoms. The van der Waals surface area contributed by atoms with Crippen LogP contribution >= 0.6 is 23.2 Å². The third-order valence-corrected chi connectivity index (χ3v) is 5.64. The van der Waals surface area contributed by atoms with E-state index < -0.39 is 11.6 Å². The zero-order valence-corrected chi connectivity index (χ0v) is 21.1. The van der Waals surface area contributed by atoms with Gasteiger partial charge in [-0.3, -0.25) is 9.59 Å². The lowest BCUT2D eigenvalue weighted by Gasteiger charge is -2.33. The summed E-state index contributed by atoms with van der Waals surface area (Å²) >= 11 is 12.2. The Balaban J connectivity index is 2.29. The number of hydrogen-bond acceptors (Lipinski definition) is 3. The van der Waals surface area contributed by atoms with Crippen molar-refractivity contribution in [2.45, 2.75) is 66.1 Å². The van der Waals surface area contributed by atoms with Crippen molar-refractivity contribution in [3.63, 3.8) is 0 Å². The Morgan fingerprint density at radius 3 is 2.31 bits per heavy atom. The van der Waals surface area contributed by atoms with Gasteiger partial charge in [0, 0.05) is 12.1 Å². The van der Waals surface area contributed by atoms with Crippen LogP contribution < -0.4 is 10.1 Å². The molecule has 0 spiro atoms. The Morgan fingerprint density at radius 1 is 1.06 bits per heavy atom. The number of ether oxygens (including phenoxy) is 1. The molecule has 174 valence electrons. The van der Waals surface area contributed by atoms with E-state index in [-0.39, 0.29) is 25.0 Å². The molecule has 0 aliphatic carbocycles. The maximum absolute atomic E-state index is 13.3. The molecule has 2 aromatic carbocycles. The van der Waals surface area contributed by atoms with Gasteiger partial charge in [0.2, 0.25) is 5.91 Å². The second-order valence-electron chi connectivity index (χ2n) is 8.99. The van der Waals surface area contributed by atoms with Gasteiger partial charge in [-0.1, -0.05) is 53.9 Å². The van der Waals surface area contributed by atoms with E-state index in [1.165, 1.54) is 0 Å². The highest BCUT2D eigenvalue weighted by Gasteiger charge is 2.31. The van der Waals surface area contributed by atoms with Gasteiger partial charge in [0.05, 0.1) is 10.0 Å². The van der Waals surface area contributed by atoms with Crippen molar-refractivity contribution in [1.29, 1.82) is 0 Å². The number of carbonyl (C=O) groups is 2. The van der Waals surface area contributed by atoms with Gasteiger partial charge in [-0.15, -0.1) is 0 Å². The van der Waals surface area contributed by atoms with Gasteiger partial charge in [0.1, 0.15) is 11.8 Å². The van der Waals surface area contributed by atoms with Crippen LogP contribution in [0.1, 0.15) is 50.8 Å². The maximum atomic E-state index is 13.3. The molecule has 0 saturated carbocycles. The molecule has 0 heterocycles. The van der Waals surface area contributed by atoms with Gasteiger partial charge in [-0.05, 0) is 70.4 Å². The van der Waals surface area contributed by atoms with E-state index in [9.17, 15) is 9.59 Å². The van der Waals surface area contributed by atoms with Crippen molar-refractivity contribution in [1.82, 2.24) is 10.2 Å². The maximum Gasteiger partial charge on any atom is 0.261 e. The van der Waals surface area contributed by atoms with Crippen molar-refractivity contribution in [2.75, 3.05) is 6.61 Å². The summed E-state index contributed by atoms with van der Waals surface area (Å²) in [6, 6.07) is 10.3. The van der Waals surface area contributed by atoms with E-state index in [4.69, 9.17) is 27.9 Å². The lowest BCUT2D eigenvalue weighted by molar-refractivity contribution is -0.143. The van der Waals surface area contributed by atoms with Crippen LogP contribution in [0.4, 0.5) is 0 Å². The average molecular weight is 479 g/mol. The van der Waals surface area contributed by atoms with E-state index in [0.717, 1.165) is 16.7 Å². The molecule has 0 radical (unpaired) electrons. The van der Waals surface area contributed by atoms with Crippen LogP contribution in [0, 0.1) is 13.8 Å². The van der Waals surface area contributed by atoms with Crippen LogP contribution in [0.25, 0.3) is 0 Å². The second-order valence-corrected chi connectivity index (χ2v) is 9.81. The minimum atomic E-state index is -0.654. The van der Waals surface area contributed by atoms with Gasteiger partial charge in [-0.25, -0.2) is 0 Å². The van der Waals surface area contributed by atoms with Crippen molar-refractivity contribution in [3.05, 3.63) is 63.1 Å². The van der Waals surface area contributed by atoms with Crippen molar-refractivity contribution >= 4 is 35.0 Å². The molecular weight excluding hydrogens is 447 g/mol. The van der Waals surface area contributed by atoms with Gasteiger partial charge < -0.3 is 15.0 Å². The molecule has 0 aliphatic rings. The number of hydrogen-bond donors (Lipinski definition) is 1. The molecule has 0 aliphatic heterocycles.